The van der Waals surface area contributed by atoms with Gasteiger partial charge in [-0.05, 0) is 18.6 Å². The number of pyridine rings is 1. The minimum absolute atomic E-state index is 0.806. The van der Waals surface area contributed by atoms with E-state index >= 15 is 0 Å². The van der Waals surface area contributed by atoms with E-state index in [1.165, 1.54) is 0 Å². The summed E-state index contributed by atoms with van der Waals surface area (Å²) in [6.07, 6.45) is 2.69. The molecular weight excluding hydrogens is 268 g/mol. The van der Waals surface area contributed by atoms with E-state index in [0.29, 0.717) is 0 Å². The number of hydrogen-bond acceptors (Lipinski definition) is 3. The minimum Gasteiger partial charge on any atom is -0.325 e. The fraction of sp³-hybridized carbons (Fsp3) is 0.273. The summed E-state index contributed by atoms with van der Waals surface area (Å²) in [5.74, 6) is 1.75. The maximum Gasteiger partial charge on any atom is 0.132 e. The zero-order valence-electron chi connectivity index (χ0n) is 9.24. The van der Waals surface area contributed by atoms with Crippen molar-refractivity contribution in [3.8, 4) is 0 Å². The first kappa shape index (κ1) is 11.1. The van der Waals surface area contributed by atoms with E-state index in [-0.39, 0.29) is 0 Å². The highest BCUT2D eigenvalue weighted by Gasteiger charge is 2.04. The van der Waals surface area contributed by atoms with Crippen LogP contribution in [-0.2, 0) is 13.5 Å². The normalized spacial score (nSPS) is 10.4. The molecule has 0 saturated heterocycles. The van der Waals surface area contributed by atoms with Crippen molar-refractivity contribution in [2.24, 2.45) is 7.05 Å². The number of aromatic nitrogens is 3. The highest BCUT2D eigenvalue weighted by Crippen LogP contribution is 2.18. The van der Waals surface area contributed by atoms with Gasteiger partial charge in [0, 0.05) is 23.8 Å². The third-order valence-electron chi connectivity index (χ3n) is 2.27. The van der Waals surface area contributed by atoms with Gasteiger partial charge >= 0.3 is 0 Å². The summed E-state index contributed by atoms with van der Waals surface area (Å²) in [5, 5.41) is 7.59. The average molecular weight is 281 g/mol. The Labute approximate surface area is 103 Å². The smallest absolute Gasteiger partial charge is 0.132 e. The maximum atomic E-state index is 4.36. The lowest BCUT2D eigenvalue weighted by Gasteiger charge is -2.04. The second kappa shape index (κ2) is 4.65. The van der Waals surface area contributed by atoms with Crippen molar-refractivity contribution in [3.63, 3.8) is 0 Å². The predicted octanol–water partition coefficient (Wildman–Crippen LogP) is 2.88. The first-order chi connectivity index (χ1) is 7.69. The molecule has 0 spiro atoms. The third-order valence-corrected chi connectivity index (χ3v) is 2.76. The molecule has 4 nitrogen and oxygen atoms in total. The lowest BCUT2D eigenvalue weighted by atomic mass is 10.3. The van der Waals surface area contributed by atoms with Gasteiger partial charge < -0.3 is 5.32 Å². The highest BCUT2D eigenvalue weighted by atomic mass is 79.9. The molecule has 0 aliphatic rings. The van der Waals surface area contributed by atoms with Gasteiger partial charge in [0.05, 0.1) is 5.69 Å². The quantitative estimate of drug-likeness (QED) is 0.940. The Hall–Kier alpha value is -1.36. The van der Waals surface area contributed by atoms with E-state index in [1.54, 1.807) is 6.20 Å². The van der Waals surface area contributed by atoms with Gasteiger partial charge in [-0.1, -0.05) is 22.9 Å². The molecule has 0 bridgehead atoms. The Morgan fingerprint density at radius 2 is 2.25 bits per heavy atom. The molecule has 0 saturated carbocycles. The molecule has 0 unspecified atom stereocenters. The SMILES string of the molecule is CCc1cc(Nc2cc(Br)ccn2)n(C)n1. The van der Waals surface area contributed by atoms with Crippen LogP contribution < -0.4 is 5.32 Å². The van der Waals surface area contributed by atoms with Crippen molar-refractivity contribution in [2.45, 2.75) is 13.3 Å². The van der Waals surface area contributed by atoms with Gasteiger partial charge in [0.15, 0.2) is 0 Å². The maximum absolute atomic E-state index is 4.36. The molecule has 0 atom stereocenters. The average Bonchev–Trinajstić information content (AvgIpc) is 2.60. The summed E-state index contributed by atoms with van der Waals surface area (Å²) in [4.78, 5) is 4.23. The lowest BCUT2D eigenvalue weighted by Crippen LogP contribution is -2.00. The third kappa shape index (κ3) is 2.41. The first-order valence-corrected chi connectivity index (χ1v) is 5.90. The Bertz CT molecular complexity index is 492. The summed E-state index contributed by atoms with van der Waals surface area (Å²) in [6.45, 7) is 2.09. The van der Waals surface area contributed by atoms with E-state index in [1.807, 2.05) is 29.9 Å². The zero-order chi connectivity index (χ0) is 11.5. The molecule has 2 aromatic heterocycles. The molecule has 0 aliphatic heterocycles. The van der Waals surface area contributed by atoms with Gasteiger partial charge in [0.1, 0.15) is 11.6 Å². The number of nitrogens with one attached hydrogen (secondary N) is 1. The van der Waals surface area contributed by atoms with E-state index in [4.69, 9.17) is 0 Å². The van der Waals surface area contributed by atoms with Gasteiger partial charge in [-0.15, -0.1) is 0 Å². The van der Waals surface area contributed by atoms with E-state index < -0.39 is 0 Å². The molecular formula is C11H13BrN4. The van der Waals surface area contributed by atoms with Crippen molar-refractivity contribution < 1.29 is 0 Å². The van der Waals surface area contributed by atoms with Crippen LogP contribution in [0.4, 0.5) is 11.6 Å². The molecule has 0 aromatic carbocycles. The van der Waals surface area contributed by atoms with Gasteiger partial charge in [-0.2, -0.15) is 5.10 Å². The number of nitrogens with zero attached hydrogens (tertiary/aromatic N) is 3. The number of halogens is 1. The van der Waals surface area contributed by atoms with Crippen LogP contribution >= 0.6 is 15.9 Å². The highest BCUT2D eigenvalue weighted by molar-refractivity contribution is 9.10. The number of aryl methyl sites for hydroxylation is 2. The second-order valence-electron chi connectivity index (χ2n) is 3.48. The molecule has 16 heavy (non-hydrogen) atoms. The van der Waals surface area contributed by atoms with E-state index in [2.05, 4.69) is 38.3 Å². The van der Waals surface area contributed by atoms with Crippen molar-refractivity contribution in [1.82, 2.24) is 14.8 Å². The van der Waals surface area contributed by atoms with E-state index in [9.17, 15) is 0 Å². The summed E-state index contributed by atoms with van der Waals surface area (Å²) in [6, 6.07) is 5.85. The number of hydrogen-bond donors (Lipinski definition) is 1. The second-order valence-corrected chi connectivity index (χ2v) is 4.40. The van der Waals surface area contributed by atoms with Gasteiger partial charge in [-0.3, -0.25) is 4.68 Å². The molecule has 2 aromatic rings. The summed E-state index contributed by atoms with van der Waals surface area (Å²) < 4.78 is 2.82. The number of rotatable bonds is 3. The predicted molar refractivity (Wildman–Crippen MR) is 67.8 cm³/mol. The van der Waals surface area contributed by atoms with Crippen molar-refractivity contribution in [2.75, 3.05) is 5.32 Å². The standard InChI is InChI=1S/C11H13BrN4/c1-3-9-7-11(16(2)15-9)14-10-6-8(12)4-5-13-10/h4-7H,3H2,1-2H3,(H,13,14). The van der Waals surface area contributed by atoms with Gasteiger partial charge in [-0.25, -0.2) is 4.98 Å². The van der Waals surface area contributed by atoms with Crippen LogP contribution in [0.25, 0.3) is 0 Å². The molecule has 84 valence electrons. The fourth-order valence-electron chi connectivity index (χ4n) is 1.42. The molecule has 0 amide bonds. The minimum atomic E-state index is 0.806. The summed E-state index contributed by atoms with van der Waals surface area (Å²) >= 11 is 3.41. The largest absolute Gasteiger partial charge is 0.325 e. The molecule has 2 rings (SSSR count). The Morgan fingerprint density at radius 1 is 1.44 bits per heavy atom. The van der Waals surface area contributed by atoms with Crippen molar-refractivity contribution in [1.29, 1.82) is 0 Å². The topological polar surface area (TPSA) is 42.7 Å². The van der Waals surface area contributed by atoms with Crippen molar-refractivity contribution >= 4 is 27.6 Å². The zero-order valence-corrected chi connectivity index (χ0v) is 10.8. The van der Waals surface area contributed by atoms with Gasteiger partial charge in [0.25, 0.3) is 0 Å². The fourth-order valence-corrected chi connectivity index (χ4v) is 1.76. The Kier molecular flexibility index (Phi) is 3.24. The number of anilines is 2. The lowest BCUT2D eigenvalue weighted by molar-refractivity contribution is 0.753. The summed E-state index contributed by atoms with van der Waals surface area (Å²) in [5.41, 5.74) is 1.07. The molecule has 0 radical (unpaired) electrons. The Morgan fingerprint density at radius 3 is 2.88 bits per heavy atom. The molecule has 2 heterocycles. The van der Waals surface area contributed by atoms with Crippen LogP contribution in [0, 0.1) is 0 Å². The monoisotopic (exact) mass is 280 g/mol. The van der Waals surface area contributed by atoms with Gasteiger partial charge in [0.2, 0.25) is 0 Å². The molecule has 1 N–H and O–H groups in total. The molecule has 0 aliphatic carbocycles. The van der Waals surface area contributed by atoms with Crippen LogP contribution in [0.2, 0.25) is 0 Å². The van der Waals surface area contributed by atoms with E-state index in [0.717, 1.165) is 28.2 Å². The first-order valence-electron chi connectivity index (χ1n) is 5.10. The van der Waals surface area contributed by atoms with Crippen LogP contribution in [-0.4, -0.2) is 14.8 Å². The van der Waals surface area contributed by atoms with Crippen LogP contribution in [0.5, 0.6) is 0 Å². The Balaban J connectivity index is 2.23. The van der Waals surface area contributed by atoms with Crippen LogP contribution in [0.3, 0.4) is 0 Å². The van der Waals surface area contributed by atoms with Crippen LogP contribution in [0.1, 0.15) is 12.6 Å². The van der Waals surface area contributed by atoms with Crippen LogP contribution in [0.15, 0.2) is 28.9 Å². The van der Waals surface area contributed by atoms with Crippen molar-refractivity contribution in [3.05, 3.63) is 34.6 Å². The molecule has 0 fully saturated rings. The summed E-state index contributed by atoms with van der Waals surface area (Å²) in [7, 11) is 1.92. The molecule has 5 heteroatoms.